The summed E-state index contributed by atoms with van der Waals surface area (Å²) in [6.07, 6.45) is -1.71. The van der Waals surface area contributed by atoms with Gasteiger partial charge >= 0.3 is 12.2 Å². The van der Waals surface area contributed by atoms with Crippen molar-refractivity contribution in [2.24, 2.45) is 5.73 Å². The number of nitrogens with zero attached hydrogens (tertiary/aromatic N) is 3. The van der Waals surface area contributed by atoms with E-state index in [1.54, 1.807) is 32.9 Å². The van der Waals surface area contributed by atoms with E-state index in [4.69, 9.17) is 22.7 Å². The summed E-state index contributed by atoms with van der Waals surface area (Å²) in [7, 11) is 0. The lowest BCUT2D eigenvalue weighted by molar-refractivity contribution is -0.119. The quantitative estimate of drug-likeness (QED) is 0.593. The number of amides is 3. The van der Waals surface area contributed by atoms with Crippen LogP contribution in [-0.2, 0) is 14.3 Å². The highest BCUT2D eigenvalue weighted by atomic mass is 32.1. The van der Waals surface area contributed by atoms with Crippen LogP contribution in [0.4, 0.5) is 25.4 Å². The minimum Gasteiger partial charge on any atom is -0.444 e. The SMILES string of the molecule is CC(=O)NCC1CN(c2ccc(N3CCN(C(C)=S)CC3)c(F)c2)C(=O)O1.CC(C)(C)OC(N)=O. The number of carbonyl (C=O) groups is 3. The summed E-state index contributed by atoms with van der Waals surface area (Å²) >= 11 is 5.19. The number of rotatable bonds is 4. The third kappa shape index (κ3) is 8.85. The fourth-order valence-corrected chi connectivity index (χ4v) is 3.76. The predicted octanol–water partition coefficient (Wildman–Crippen LogP) is 2.64. The summed E-state index contributed by atoms with van der Waals surface area (Å²) in [5.41, 5.74) is 5.23. The minimum atomic E-state index is -0.725. The number of hydrogen-bond acceptors (Lipinski definition) is 7. The molecule has 0 aliphatic carbocycles. The van der Waals surface area contributed by atoms with Gasteiger partial charge in [0.2, 0.25) is 5.91 Å². The van der Waals surface area contributed by atoms with Crippen LogP contribution in [0.3, 0.4) is 0 Å². The molecule has 3 rings (SSSR count). The topological polar surface area (TPSA) is 117 Å². The number of primary amides is 1. The van der Waals surface area contributed by atoms with Crippen LogP contribution in [0.2, 0.25) is 0 Å². The summed E-state index contributed by atoms with van der Waals surface area (Å²) < 4.78 is 24.5. The first-order chi connectivity index (χ1) is 16.3. The smallest absolute Gasteiger partial charge is 0.414 e. The summed E-state index contributed by atoms with van der Waals surface area (Å²) in [5, 5.41) is 2.62. The number of carbonyl (C=O) groups excluding carboxylic acids is 3. The summed E-state index contributed by atoms with van der Waals surface area (Å²) in [6, 6.07) is 4.77. The van der Waals surface area contributed by atoms with Crippen LogP contribution in [0.5, 0.6) is 0 Å². The van der Waals surface area contributed by atoms with Gasteiger partial charge in [0.1, 0.15) is 17.5 Å². The molecule has 0 aromatic heterocycles. The van der Waals surface area contributed by atoms with Gasteiger partial charge in [-0.05, 0) is 45.9 Å². The molecule has 0 saturated carbocycles. The number of nitrogens with two attached hydrogens (primary N) is 1. The molecule has 1 unspecified atom stereocenters. The third-order valence-electron chi connectivity index (χ3n) is 5.17. The number of thiocarbonyl (C=S) groups is 1. The second-order valence-corrected chi connectivity index (χ2v) is 9.81. The Morgan fingerprint density at radius 2 is 1.86 bits per heavy atom. The molecule has 0 spiro atoms. The zero-order valence-electron chi connectivity index (χ0n) is 20.8. The Bertz CT molecular complexity index is 947. The standard InChI is InChI=1S/C18H23FN4O3S.C5H11NO2/c1-12(24)20-10-15-11-23(18(25)26-15)14-3-4-17(16(19)9-14)22-7-5-21(6-8-22)13(2)27;1-5(2,3)8-4(6)7/h3-4,9,15H,5-8,10-11H2,1-2H3,(H,20,24);1-3H3,(H2,6,7). The van der Waals surface area contributed by atoms with Gasteiger partial charge in [0.15, 0.2) is 0 Å². The second-order valence-electron chi connectivity index (χ2n) is 9.22. The maximum Gasteiger partial charge on any atom is 0.414 e. The first kappa shape index (κ1) is 28.1. The van der Waals surface area contributed by atoms with Crippen LogP contribution in [0.25, 0.3) is 0 Å². The molecule has 3 amide bonds. The average molecular weight is 512 g/mol. The number of piperazine rings is 1. The monoisotopic (exact) mass is 511 g/mol. The molecule has 12 heteroatoms. The van der Waals surface area contributed by atoms with Crippen molar-refractivity contribution in [1.82, 2.24) is 10.2 Å². The largest absolute Gasteiger partial charge is 0.444 e. The molecule has 2 aliphatic rings. The Hall–Kier alpha value is -3.15. The van der Waals surface area contributed by atoms with Gasteiger partial charge in [-0.1, -0.05) is 12.2 Å². The zero-order chi connectivity index (χ0) is 26.3. The van der Waals surface area contributed by atoms with Crippen molar-refractivity contribution in [2.45, 2.75) is 46.3 Å². The molecule has 3 N–H and O–H groups in total. The normalized spacial score (nSPS) is 17.8. The van der Waals surface area contributed by atoms with E-state index in [1.807, 2.05) is 11.8 Å². The lowest BCUT2D eigenvalue weighted by atomic mass is 10.2. The fraction of sp³-hybridized carbons (Fsp3) is 0.565. The number of anilines is 2. The van der Waals surface area contributed by atoms with Gasteiger partial charge in [-0.3, -0.25) is 9.69 Å². The second kappa shape index (κ2) is 12.0. The minimum absolute atomic E-state index is 0.191. The van der Waals surface area contributed by atoms with Crippen molar-refractivity contribution < 1.29 is 28.2 Å². The number of ether oxygens (including phenoxy) is 2. The summed E-state index contributed by atoms with van der Waals surface area (Å²) in [6.45, 7) is 12.0. The molecule has 1 aromatic rings. The zero-order valence-corrected chi connectivity index (χ0v) is 21.6. The highest BCUT2D eigenvalue weighted by molar-refractivity contribution is 7.80. The van der Waals surface area contributed by atoms with E-state index in [0.29, 0.717) is 24.5 Å². The third-order valence-corrected chi connectivity index (χ3v) is 5.43. The molecule has 10 nitrogen and oxygen atoms in total. The Kier molecular flexibility index (Phi) is 9.64. The molecule has 1 aromatic carbocycles. The van der Waals surface area contributed by atoms with Crippen LogP contribution >= 0.6 is 12.2 Å². The Balaban J connectivity index is 0.000000466. The molecule has 0 bridgehead atoms. The van der Waals surface area contributed by atoms with E-state index in [-0.39, 0.29) is 24.8 Å². The Labute approximate surface area is 210 Å². The van der Waals surface area contributed by atoms with Crippen LogP contribution in [0.1, 0.15) is 34.6 Å². The van der Waals surface area contributed by atoms with Crippen molar-refractivity contribution >= 4 is 46.7 Å². The van der Waals surface area contributed by atoms with Crippen molar-refractivity contribution in [2.75, 3.05) is 49.1 Å². The van der Waals surface area contributed by atoms with Crippen LogP contribution in [0.15, 0.2) is 18.2 Å². The molecule has 2 aliphatic heterocycles. The lowest BCUT2D eigenvalue weighted by Crippen LogP contribution is -2.47. The molecular formula is C23H34FN5O5S. The van der Waals surface area contributed by atoms with Crippen molar-refractivity contribution in [3.05, 3.63) is 24.0 Å². The predicted molar refractivity (Wildman–Crippen MR) is 135 cm³/mol. The fourth-order valence-electron chi connectivity index (χ4n) is 3.58. The first-order valence-corrected chi connectivity index (χ1v) is 11.7. The van der Waals surface area contributed by atoms with E-state index in [1.165, 1.54) is 17.9 Å². The summed E-state index contributed by atoms with van der Waals surface area (Å²) in [5.74, 6) is -0.568. The number of cyclic esters (lactones) is 1. The highest BCUT2D eigenvalue weighted by Gasteiger charge is 2.33. The molecule has 194 valence electrons. The molecule has 2 heterocycles. The molecule has 0 radical (unpaired) electrons. The van der Waals surface area contributed by atoms with E-state index < -0.39 is 23.9 Å². The number of benzene rings is 1. The first-order valence-electron chi connectivity index (χ1n) is 11.3. The van der Waals surface area contributed by atoms with E-state index in [2.05, 4.69) is 15.0 Å². The maximum absolute atomic E-state index is 14.7. The van der Waals surface area contributed by atoms with Gasteiger partial charge in [0.25, 0.3) is 0 Å². The van der Waals surface area contributed by atoms with Crippen molar-refractivity contribution in [3.63, 3.8) is 0 Å². The van der Waals surface area contributed by atoms with Crippen molar-refractivity contribution in [3.8, 4) is 0 Å². The molecule has 1 atom stereocenters. The van der Waals surface area contributed by atoms with Gasteiger partial charge in [-0.2, -0.15) is 0 Å². The molecule has 2 saturated heterocycles. The van der Waals surface area contributed by atoms with E-state index in [9.17, 15) is 18.8 Å². The van der Waals surface area contributed by atoms with Crippen LogP contribution < -0.4 is 20.9 Å². The number of halogens is 1. The van der Waals surface area contributed by atoms with Gasteiger partial charge in [0, 0.05) is 33.1 Å². The van der Waals surface area contributed by atoms with Gasteiger partial charge in [0.05, 0.1) is 29.5 Å². The lowest BCUT2D eigenvalue weighted by Gasteiger charge is -2.37. The Morgan fingerprint density at radius 3 is 2.31 bits per heavy atom. The highest BCUT2D eigenvalue weighted by Crippen LogP contribution is 2.28. The van der Waals surface area contributed by atoms with Gasteiger partial charge in [-0.15, -0.1) is 0 Å². The molecule has 2 fully saturated rings. The number of nitrogens with one attached hydrogen (secondary N) is 1. The van der Waals surface area contributed by atoms with E-state index >= 15 is 0 Å². The Morgan fingerprint density at radius 1 is 1.23 bits per heavy atom. The summed E-state index contributed by atoms with van der Waals surface area (Å²) in [4.78, 5) is 39.4. The maximum atomic E-state index is 14.7. The van der Waals surface area contributed by atoms with Crippen LogP contribution in [0, 0.1) is 5.82 Å². The van der Waals surface area contributed by atoms with Gasteiger partial charge in [-0.25, -0.2) is 14.0 Å². The average Bonchev–Trinajstić information content (AvgIpc) is 3.11. The molecular weight excluding hydrogens is 477 g/mol. The van der Waals surface area contributed by atoms with Crippen molar-refractivity contribution in [1.29, 1.82) is 0 Å². The van der Waals surface area contributed by atoms with Crippen LogP contribution in [-0.4, -0.2) is 79.0 Å². The van der Waals surface area contributed by atoms with E-state index in [0.717, 1.165) is 18.1 Å². The van der Waals surface area contributed by atoms with Gasteiger partial charge < -0.3 is 30.3 Å². The number of hydrogen-bond donors (Lipinski definition) is 2. The molecule has 35 heavy (non-hydrogen) atoms.